The lowest BCUT2D eigenvalue weighted by molar-refractivity contribution is -0.187. The summed E-state index contributed by atoms with van der Waals surface area (Å²) >= 11 is 0. The van der Waals surface area contributed by atoms with Crippen molar-refractivity contribution in [2.45, 2.75) is 201 Å². The number of rotatable bonds is 0. The van der Waals surface area contributed by atoms with E-state index in [1.54, 1.807) is 49.3 Å². The highest BCUT2D eigenvalue weighted by atomic mass is 19.2. The lowest BCUT2D eigenvalue weighted by atomic mass is 9.84. The number of ether oxygens (including phenoxy) is 4. The van der Waals surface area contributed by atoms with Crippen LogP contribution in [0.2, 0.25) is 0 Å². The van der Waals surface area contributed by atoms with Gasteiger partial charge in [0.25, 0.3) is 0 Å². The zero-order valence-corrected chi connectivity index (χ0v) is 50.7. The molecule has 2 saturated heterocycles. The van der Waals surface area contributed by atoms with Crippen molar-refractivity contribution >= 4 is 0 Å². The average molecular weight is 1060 g/mol. The Morgan fingerprint density at radius 3 is 0.842 bits per heavy atom. The summed E-state index contributed by atoms with van der Waals surface area (Å²) in [7, 11) is 0. The third kappa shape index (κ3) is 33.9. The Morgan fingerprint density at radius 2 is 0.618 bits per heavy atom. The molecule has 0 spiro atoms. The molecule has 1 saturated carbocycles. The summed E-state index contributed by atoms with van der Waals surface area (Å²) in [6.07, 6.45) is 18.8. The monoisotopic (exact) mass is 1060 g/mol. The van der Waals surface area contributed by atoms with Gasteiger partial charge in [0.15, 0.2) is 24.2 Å². The van der Waals surface area contributed by atoms with Crippen molar-refractivity contribution in [2.24, 2.45) is 35.5 Å². The van der Waals surface area contributed by atoms with Crippen LogP contribution in [0, 0.1) is 114 Å². The van der Waals surface area contributed by atoms with Gasteiger partial charge in [0.2, 0.25) is 0 Å². The molecule has 76 heavy (non-hydrogen) atoms. The van der Waals surface area contributed by atoms with Gasteiger partial charge in [-0.15, -0.1) is 0 Å². The molecule has 9 rings (SSSR count). The first-order chi connectivity index (χ1) is 35.7. The fourth-order valence-electron chi connectivity index (χ4n) is 7.79. The van der Waals surface area contributed by atoms with Crippen LogP contribution in [0.3, 0.4) is 0 Å². The maximum Gasteiger partial charge on any atom is 0.161 e. The van der Waals surface area contributed by atoms with Crippen LogP contribution < -0.4 is 0 Å². The van der Waals surface area contributed by atoms with Gasteiger partial charge in [-0.05, 0) is 191 Å². The molecule has 5 aliphatic rings. The Morgan fingerprint density at radius 1 is 0.342 bits per heavy atom. The molecule has 2 unspecified atom stereocenters. The molecule has 0 N–H and O–H groups in total. The number of halogens is 4. The quantitative estimate of drug-likeness (QED) is 0.130. The fourth-order valence-corrected chi connectivity index (χ4v) is 7.79. The molecule has 0 radical (unpaired) electrons. The number of benzene rings is 4. The van der Waals surface area contributed by atoms with E-state index in [1.807, 2.05) is 39.8 Å². The summed E-state index contributed by atoms with van der Waals surface area (Å²) in [5.41, 5.74) is 9.89. The van der Waals surface area contributed by atoms with Crippen LogP contribution in [0.15, 0.2) is 96.1 Å². The Balaban J connectivity index is 0.000000843. The second-order valence-electron chi connectivity index (χ2n) is 22.9. The van der Waals surface area contributed by atoms with Gasteiger partial charge in [-0.1, -0.05) is 162 Å². The van der Waals surface area contributed by atoms with Gasteiger partial charge in [-0.2, -0.15) is 0 Å². The first-order valence-electron chi connectivity index (χ1n) is 28.4. The van der Waals surface area contributed by atoms with Crippen molar-refractivity contribution < 1.29 is 37.9 Å². The van der Waals surface area contributed by atoms with Gasteiger partial charge in [0.05, 0.1) is 26.4 Å². The summed E-state index contributed by atoms with van der Waals surface area (Å²) < 4.78 is 71.1. The van der Waals surface area contributed by atoms with Crippen molar-refractivity contribution in [3.05, 3.63) is 164 Å². The Labute approximate surface area is 463 Å². The molecule has 430 valence electrons. The van der Waals surface area contributed by atoms with Gasteiger partial charge in [0.1, 0.15) is 11.6 Å². The molecule has 4 aromatic carbocycles. The SMILES string of the molecule is CC1=CCC(C)CC1.CC1=CCC(C)CC1.CC1CCC(C)CC1.CC1COC(C)OC1.CC1COC(C)OC1.Cc1ccc(C)c(F)c1.Cc1ccc(C)c(F)c1.Cc1ccc(C)c(F)c1F.Cc1ccc(C)cc1.[HH]. The Kier molecular flexibility index (Phi) is 36.2. The second kappa shape index (κ2) is 39.3. The minimum atomic E-state index is -0.736. The third-order valence-corrected chi connectivity index (χ3v) is 13.9. The normalized spacial score (nSPS) is 23.4. The number of allylic oxidation sites excluding steroid dienone is 4. The summed E-state index contributed by atoms with van der Waals surface area (Å²) in [6.45, 7) is 39.9. The third-order valence-electron chi connectivity index (χ3n) is 13.9. The molecule has 2 atom stereocenters. The summed E-state index contributed by atoms with van der Waals surface area (Å²) in [4.78, 5) is 0. The highest BCUT2D eigenvalue weighted by molar-refractivity contribution is 5.25. The largest absolute Gasteiger partial charge is 0.353 e. The highest BCUT2D eigenvalue weighted by Crippen LogP contribution is 2.27. The lowest BCUT2D eigenvalue weighted by Crippen LogP contribution is -2.27. The highest BCUT2D eigenvalue weighted by Gasteiger charge is 2.15. The van der Waals surface area contributed by atoms with E-state index in [-0.39, 0.29) is 25.6 Å². The molecule has 0 amide bonds. The van der Waals surface area contributed by atoms with Crippen LogP contribution in [0.5, 0.6) is 0 Å². The van der Waals surface area contributed by atoms with Crippen LogP contribution >= 0.6 is 0 Å². The van der Waals surface area contributed by atoms with E-state index in [4.69, 9.17) is 18.9 Å². The van der Waals surface area contributed by atoms with Crippen molar-refractivity contribution in [3.8, 4) is 0 Å². The zero-order valence-electron chi connectivity index (χ0n) is 50.7. The van der Waals surface area contributed by atoms with Crippen molar-refractivity contribution in [2.75, 3.05) is 26.4 Å². The second-order valence-corrected chi connectivity index (χ2v) is 22.9. The number of hydrogen-bond donors (Lipinski definition) is 0. The van der Waals surface area contributed by atoms with Crippen LogP contribution in [0.4, 0.5) is 17.6 Å². The van der Waals surface area contributed by atoms with Crippen LogP contribution in [-0.4, -0.2) is 39.0 Å². The minimum Gasteiger partial charge on any atom is -0.353 e. The van der Waals surface area contributed by atoms with E-state index in [1.165, 1.54) is 101 Å². The van der Waals surface area contributed by atoms with Gasteiger partial charge in [-0.3, -0.25) is 0 Å². The van der Waals surface area contributed by atoms with E-state index in [9.17, 15) is 17.6 Å². The molecule has 0 bridgehead atoms. The molecular weight excluding hydrogens is 957 g/mol. The van der Waals surface area contributed by atoms with Crippen LogP contribution in [0.25, 0.3) is 0 Å². The number of aryl methyl sites for hydroxylation is 8. The summed E-state index contributed by atoms with van der Waals surface area (Å²) in [6, 6.07) is 22.0. The maximum absolute atomic E-state index is 12.6. The van der Waals surface area contributed by atoms with Gasteiger partial charge in [-0.25, -0.2) is 17.6 Å². The molecule has 3 aliphatic carbocycles. The smallest absolute Gasteiger partial charge is 0.161 e. The molecule has 2 aliphatic heterocycles. The minimum absolute atomic E-state index is 0. The Bertz CT molecular complexity index is 2020. The molecular formula is C68H106F4O4. The summed E-state index contributed by atoms with van der Waals surface area (Å²) in [5, 5.41) is 0. The van der Waals surface area contributed by atoms with E-state index in [0.29, 0.717) is 34.1 Å². The van der Waals surface area contributed by atoms with Crippen molar-refractivity contribution in [3.63, 3.8) is 0 Å². The predicted molar refractivity (Wildman–Crippen MR) is 317 cm³/mol. The summed E-state index contributed by atoms with van der Waals surface area (Å²) in [5.74, 6) is 3.37. The van der Waals surface area contributed by atoms with Crippen LogP contribution in [0.1, 0.15) is 179 Å². The standard InChI is InChI=1S/C8H8F2.2C8H9F.C8H16.2C8H14.C8H10.2C6H12O2.H2/c1-5-3-4-6(2)8(10)7(5)9;2*1-6-3-4-7(2)8(9)5-6;4*1-7-3-5-8(2)6-4-7;2*1-5-3-7-6(2)8-4-5;/h3-4H,1-2H3;2*3-5H,1-2H3;7-8H,3-6H2,1-2H3;2*3,8H,4-6H2,1-2H3;3-6H,1-2H3;2*5-6H,3-4H2,1-2H3;1H. The van der Waals surface area contributed by atoms with Crippen molar-refractivity contribution in [1.82, 2.24) is 0 Å². The molecule has 4 nitrogen and oxygen atoms in total. The van der Waals surface area contributed by atoms with Gasteiger partial charge < -0.3 is 18.9 Å². The first-order valence-corrected chi connectivity index (χ1v) is 28.4. The molecule has 4 aromatic rings. The first kappa shape index (κ1) is 69.9. The lowest BCUT2D eigenvalue weighted by Gasteiger charge is -2.24. The average Bonchev–Trinajstić information content (AvgIpc) is 3.39. The van der Waals surface area contributed by atoms with E-state index >= 15 is 0 Å². The molecule has 0 aromatic heterocycles. The van der Waals surface area contributed by atoms with Gasteiger partial charge >= 0.3 is 0 Å². The van der Waals surface area contributed by atoms with E-state index in [2.05, 4.69) is 106 Å². The van der Waals surface area contributed by atoms with Gasteiger partial charge in [0, 0.05) is 13.3 Å². The molecule has 2 heterocycles. The molecule has 3 fully saturated rings. The van der Waals surface area contributed by atoms with E-state index in [0.717, 1.165) is 61.2 Å². The van der Waals surface area contributed by atoms with Crippen molar-refractivity contribution in [1.29, 1.82) is 0 Å². The maximum atomic E-state index is 12.6. The molecule has 8 heteroatoms. The van der Waals surface area contributed by atoms with Crippen LogP contribution in [-0.2, 0) is 18.9 Å². The predicted octanol–water partition coefficient (Wildman–Crippen LogP) is 20.4. The topological polar surface area (TPSA) is 36.9 Å². The zero-order chi connectivity index (χ0) is 57.3. The number of hydrogen-bond acceptors (Lipinski definition) is 4. The van der Waals surface area contributed by atoms with E-state index < -0.39 is 11.6 Å². The Hall–Kier alpha value is -4.08. The fraction of sp³-hybridized carbons (Fsp3) is 0.588.